The number of aromatic nitrogens is 3. The Morgan fingerprint density at radius 1 is 1.41 bits per heavy atom. The number of nitrogens with zero attached hydrogens (tertiary/aromatic N) is 3. The van der Waals surface area contributed by atoms with E-state index in [1.165, 1.54) is 29.5 Å². The molecule has 0 bridgehead atoms. The van der Waals surface area contributed by atoms with Crippen molar-refractivity contribution in [3.8, 4) is 11.4 Å². The number of rotatable bonds is 3. The summed E-state index contributed by atoms with van der Waals surface area (Å²) in [7, 11) is 0. The van der Waals surface area contributed by atoms with Gasteiger partial charge < -0.3 is 10.5 Å². The van der Waals surface area contributed by atoms with E-state index in [0.717, 1.165) is 0 Å². The molecule has 0 saturated heterocycles. The highest BCUT2D eigenvalue weighted by Gasteiger charge is 2.12. The first-order chi connectivity index (χ1) is 8.08. The van der Waals surface area contributed by atoms with Crippen LogP contribution in [0.15, 0.2) is 24.8 Å². The van der Waals surface area contributed by atoms with E-state index >= 15 is 0 Å². The molecule has 17 heavy (non-hydrogen) atoms. The number of nitrogen functional groups attached to an aromatic ring is 1. The van der Waals surface area contributed by atoms with Crippen molar-refractivity contribution >= 4 is 5.69 Å². The highest BCUT2D eigenvalue weighted by molar-refractivity contribution is 5.60. The Balaban J connectivity index is 2.46. The van der Waals surface area contributed by atoms with Crippen LogP contribution in [-0.4, -0.2) is 20.9 Å². The highest BCUT2D eigenvalue weighted by atomic mass is 19.1. The Morgan fingerprint density at radius 3 is 2.76 bits per heavy atom. The summed E-state index contributed by atoms with van der Waals surface area (Å²) in [5.41, 5.74) is 6.55. The lowest BCUT2D eigenvalue weighted by Crippen LogP contribution is -2.09. The predicted molar refractivity (Wildman–Crippen MR) is 61.5 cm³/mol. The predicted octanol–water partition coefficient (Wildman–Crippen LogP) is 1.78. The van der Waals surface area contributed by atoms with E-state index in [-0.39, 0.29) is 17.5 Å². The molecule has 5 nitrogen and oxygen atoms in total. The largest absolute Gasteiger partial charge is 0.488 e. The van der Waals surface area contributed by atoms with Crippen molar-refractivity contribution in [1.82, 2.24) is 14.8 Å². The Bertz CT molecular complexity index is 510. The fraction of sp³-hybridized carbons (Fsp3) is 0.273. The zero-order chi connectivity index (χ0) is 12.4. The molecule has 0 aliphatic rings. The van der Waals surface area contributed by atoms with Crippen molar-refractivity contribution in [1.29, 1.82) is 0 Å². The molecule has 0 atom stereocenters. The second-order valence-electron chi connectivity index (χ2n) is 3.85. The summed E-state index contributed by atoms with van der Waals surface area (Å²) in [6.07, 6.45) is 2.76. The van der Waals surface area contributed by atoms with Crippen LogP contribution in [0.3, 0.4) is 0 Å². The first-order valence-electron chi connectivity index (χ1n) is 5.18. The molecule has 90 valence electrons. The van der Waals surface area contributed by atoms with E-state index in [1.807, 2.05) is 13.8 Å². The average Bonchev–Trinajstić information content (AvgIpc) is 2.74. The first kappa shape index (κ1) is 11.4. The zero-order valence-corrected chi connectivity index (χ0v) is 9.59. The van der Waals surface area contributed by atoms with Gasteiger partial charge in [-0.05, 0) is 13.8 Å². The summed E-state index contributed by atoms with van der Waals surface area (Å²) in [5.74, 6) is -0.334. The summed E-state index contributed by atoms with van der Waals surface area (Å²) >= 11 is 0. The fourth-order valence-corrected chi connectivity index (χ4v) is 1.43. The SMILES string of the molecule is CC(C)Oc1cc(-n2cncn2)c(N)cc1F. The number of benzene rings is 1. The molecular formula is C11H13FN4O. The third-order valence-corrected chi connectivity index (χ3v) is 2.11. The van der Waals surface area contributed by atoms with Crippen LogP contribution in [0.2, 0.25) is 0 Å². The molecule has 2 rings (SSSR count). The molecule has 0 saturated carbocycles. The van der Waals surface area contributed by atoms with Gasteiger partial charge in [0.2, 0.25) is 0 Å². The maximum Gasteiger partial charge on any atom is 0.167 e. The smallest absolute Gasteiger partial charge is 0.167 e. The number of hydrogen-bond donors (Lipinski definition) is 1. The average molecular weight is 236 g/mol. The lowest BCUT2D eigenvalue weighted by Gasteiger charge is -2.13. The second kappa shape index (κ2) is 4.40. The minimum atomic E-state index is -0.486. The number of hydrogen-bond acceptors (Lipinski definition) is 4. The molecule has 1 aromatic heterocycles. The molecule has 0 amide bonds. The molecule has 0 unspecified atom stereocenters. The van der Waals surface area contributed by atoms with Gasteiger partial charge in [-0.25, -0.2) is 14.1 Å². The maximum atomic E-state index is 13.6. The zero-order valence-electron chi connectivity index (χ0n) is 9.59. The van der Waals surface area contributed by atoms with Crippen molar-refractivity contribution in [2.24, 2.45) is 0 Å². The van der Waals surface area contributed by atoms with Crippen molar-refractivity contribution in [2.45, 2.75) is 20.0 Å². The van der Waals surface area contributed by atoms with Gasteiger partial charge in [0.05, 0.1) is 17.5 Å². The molecule has 0 spiro atoms. The fourth-order valence-electron chi connectivity index (χ4n) is 1.43. The molecule has 0 fully saturated rings. The topological polar surface area (TPSA) is 66.0 Å². The van der Waals surface area contributed by atoms with Crippen LogP contribution in [-0.2, 0) is 0 Å². The highest BCUT2D eigenvalue weighted by Crippen LogP contribution is 2.27. The van der Waals surface area contributed by atoms with Gasteiger partial charge in [0.1, 0.15) is 12.7 Å². The van der Waals surface area contributed by atoms with Crippen LogP contribution in [0.5, 0.6) is 5.75 Å². The molecule has 2 aromatic rings. The number of halogens is 1. The Morgan fingerprint density at radius 2 is 2.18 bits per heavy atom. The number of anilines is 1. The normalized spacial score (nSPS) is 10.8. The van der Waals surface area contributed by atoms with Gasteiger partial charge in [-0.3, -0.25) is 0 Å². The quantitative estimate of drug-likeness (QED) is 0.825. The van der Waals surface area contributed by atoms with Gasteiger partial charge >= 0.3 is 0 Å². The van der Waals surface area contributed by atoms with E-state index in [9.17, 15) is 4.39 Å². The van der Waals surface area contributed by atoms with E-state index < -0.39 is 5.82 Å². The van der Waals surface area contributed by atoms with Crippen LogP contribution in [0.25, 0.3) is 5.69 Å². The van der Waals surface area contributed by atoms with Gasteiger partial charge in [-0.1, -0.05) is 0 Å². The Labute approximate surface area is 98.0 Å². The lowest BCUT2D eigenvalue weighted by atomic mass is 10.2. The van der Waals surface area contributed by atoms with E-state index in [2.05, 4.69) is 10.1 Å². The van der Waals surface area contributed by atoms with Crippen LogP contribution in [0.4, 0.5) is 10.1 Å². The molecular weight excluding hydrogens is 223 g/mol. The lowest BCUT2D eigenvalue weighted by molar-refractivity contribution is 0.231. The maximum absolute atomic E-state index is 13.6. The van der Waals surface area contributed by atoms with Crippen molar-refractivity contribution in [2.75, 3.05) is 5.73 Å². The standard InChI is InChI=1S/C11H13FN4O/c1-7(2)17-11-4-10(9(13)3-8(11)12)16-6-14-5-15-16/h3-7H,13H2,1-2H3. The van der Waals surface area contributed by atoms with E-state index in [4.69, 9.17) is 10.5 Å². The van der Waals surface area contributed by atoms with Gasteiger partial charge in [0.15, 0.2) is 11.6 Å². The monoisotopic (exact) mass is 236 g/mol. The molecule has 0 radical (unpaired) electrons. The first-order valence-corrected chi connectivity index (χ1v) is 5.18. The molecule has 1 aromatic carbocycles. The second-order valence-corrected chi connectivity index (χ2v) is 3.85. The molecule has 0 aliphatic carbocycles. The van der Waals surface area contributed by atoms with Crippen LogP contribution < -0.4 is 10.5 Å². The molecule has 6 heteroatoms. The third-order valence-electron chi connectivity index (χ3n) is 2.11. The van der Waals surface area contributed by atoms with Gasteiger partial charge in [0.25, 0.3) is 0 Å². The summed E-state index contributed by atoms with van der Waals surface area (Å²) in [6, 6.07) is 2.73. The van der Waals surface area contributed by atoms with E-state index in [0.29, 0.717) is 5.69 Å². The minimum Gasteiger partial charge on any atom is -0.488 e. The van der Waals surface area contributed by atoms with Gasteiger partial charge in [-0.15, -0.1) is 0 Å². The van der Waals surface area contributed by atoms with Crippen LogP contribution in [0, 0.1) is 5.82 Å². The third kappa shape index (κ3) is 2.35. The summed E-state index contributed by atoms with van der Waals surface area (Å²) in [4.78, 5) is 3.81. The van der Waals surface area contributed by atoms with Crippen molar-refractivity contribution in [3.05, 3.63) is 30.6 Å². The minimum absolute atomic E-state index is 0.114. The number of ether oxygens (including phenoxy) is 1. The van der Waals surface area contributed by atoms with Crippen molar-refractivity contribution in [3.63, 3.8) is 0 Å². The van der Waals surface area contributed by atoms with Gasteiger partial charge in [0, 0.05) is 12.1 Å². The van der Waals surface area contributed by atoms with Crippen LogP contribution in [0.1, 0.15) is 13.8 Å². The molecule has 1 heterocycles. The van der Waals surface area contributed by atoms with E-state index in [1.54, 1.807) is 0 Å². The molecule has 0 aliphatic heterocycles. The summed E-state index contributed by atoms with van der Waals surface area (Å²) in [6.45, 7) is 3.65. The molecule has 2 N–H and O–H groups in total. The Hall–Kier alpha value is -2.11. The Kier molecular flexibility index (Phi) is 2.95. The van der Waals surface area contributed by atoms with Crippen LogP contribution >= 0.6 is 0 Å². The summed E-state index contributed by atoms with van der Waals surface area (Å²) in [5, 5.41) is 3.94. The number of nitrogens with two attached hydrogens (primary N) is 1. The van der Waals surface area contributed by atoms with Gasteiger partial charge in [-0.2, -0.15) is 5.10 Å². The summed E-state index contributed by atoms with van der Waals surface area (Å²) < 4.78 is 20.4. The van der Waals surface area contributed by atoms with Crippen molar-refractivity contribution < 1.29 is 9.13 Å².